The average Bonchev–Trinajstić information content (AvgIpc) is 2.84. The van der Waals surface area contributed by atoms with Crippen LogP contribution in [0.3, 0.4) is 0 Å². The second-order valence-corrected chi connectivity index (χ2v) is 4.63. The fourth-order valence-electron chi connectivity index (χ4n) is 2.33. The van der Waals surface area contributed by atoms with Crippen molar-refractivity contribution in [3.05, 3.63) is 18.0 Å². The highest BCUT2D eigenvalue weighted by atomic mass is 15.3. The van der Waals surface area contributed by atoms with Crippen molar-refractivity contribution in [1.29, 1.82) is 5.26 Å². The van der Waals surface area contributed by atoms with Crippen LogP contribution in [0.4, 0.5) is 0 Å². The summed E-state index contributed by atoms with van der Waals surface area (Å²) < 4.78 is 2.03. The van der Waals surface area contributed by atoms with Crippen LogP contribution >= 0.6 is 0 Å². The fraction of sp³-hybridized carbons (Fsp3) is 0.667. The summed E-state index contributed by atoms with van der Waals surface area (Å²) in [4.78, 5) is 2.46. The van der Waals surface area contributed by atoms with E-state index in [1.54, 1.807) is 6.20 Å². The van der Waals surface area contributed by atoms with Gasteiger partial charge < -0.3 is 0 Å². The molecule has 16 heavy (non-hydrogen) atoms. The third-order valence-electron chi connectivity index (χ3n) is 3.28. The third-order valence-corrected chi connectivity index (χ3v) is 3.28. The number of hydrogen-bond acceptors (Lipinski definition) is 3. The van der Waals surface area contributed by atoms with Gasteiger partial charge in [-0.05, 0) is 26.3 Å². The SMILES string of the molecule is CC(C)N1CCC(n2nccc2CC#N)C1. The highest BCUT2D eigenvalue weighted by Crippen LogP contribution is 2.23. The molecule has 4 nitrogen and oxygen atoms in total. The molecule has 1 aromatic heterocycles. The maximum atomic E-state index is 8.74. The maximum Gasteiger partial charge on any atom is 0.0771 e. The molecule has 86 valence electrons. The van der Waals surface area contributed by atoms with E-state index in [4.69, 9.17) is 5.26 Å². The highest BCUT2D eigenvalue weighted by Gasteiger charge is 2.26. The molecule has 0 aliphatic carbocycles. The number of nitrogens with zero attached hydrogens (tertiary/aromatic N) is 4. The van der Waals surface area contributed by atoms with E-state index in [0.717, 1.165) is 25.2 Å². The van der Waals surface area contributed by atoms with Gasteiger partial charge in [-0.2, -0.15) is 10.4 Å². The smallest absolute Gasteiger partial charge is 0.0771 e. The Kier molecular flexibility index (Phi) is 3.25. The van der Waals surface area contributed by atoms with Gasteiger partial charge in [0, 0.05) is 25.3 Å². The van der Waals surface area contributed by atoms with Crippen molar-refractivity contribution in [3.63, 3.8) is 0 Å². The van der Waals surface area contributed by atoms with Crippen molar-refractivity contribution in [2.75, 3.05) is 13.1 Å². The molecule has 1 atom stereocenters. The van der Waals surface area contributed by atoms with Crippen LogP contribution in [0.2, 0.25) is 0 Å². The monoisotopic (exact) mass is 218 g/mol. The maximum absolute atomic E-state index is 8.74. The molecule has 1 aliphatic heterocycles. The van der Waals surface area contributed by atoms with Gasteiger partial charge in [-0.25, -0.2) is 0 Å². The standard InChI is InChI=1S/C12H18N4/c1-10(2)15-8-5-12(9-15)16-11(3-6-13)4-7-14-16/h4,7,10,12H,3,5,8-9H2,1-2H3. The van der Waals surface area contributed by atoms with Gasteiger partial charge in [-0.3, -0.25) is 9.58 Å². The molecule has 0 radical (unpaired) electrons. The van der Waals surface area contributed by atoms with E-state index in [0.29, 0.717) is 18.5 Å². The lowest BCUT2D eigenvalue weighted by Crippen LogP contribution is -2.29. The molecule has 0 spiro atoms. The first-order valence-electron chi connectivity index (χ1n) is 5.85. The molecule has 2 rings (SSSR count). The largest absolute Gasteiger partial charge is 0.299 e. The number of aromatic nitrogens is 2. The van der Waals surface area contributed by atoms with E-state index in [-0.39, 0.29) is 0 Å². The van der Waals surface area contributed by atoms with Crippen LogP contribution in [0.5, 0.6) is 0 Å². The molecule has 0 saturated carbocycles. The molecule has 1 fully saturated rings. The first-order chi connectivity index (χ1) is 7.72. The summed E-state index contributed by atoms with van der Waals surface area (Å²) in [5.41, 5.74) is 1.04. The lowest BCUT2D eigenvalue weighted by atomic mass is 10.2. The lowest BCUT2D eigenvalue weighted by molar-refractivity contribution is 0.262. The topological polar surface area (TPSA) is 44.9 Å². The average molecular weight is 218 g/mol. The van der Waals surface area contributed by atoms with Gasteiger partial charge in [0.25, 0.3) is 0 Å². The Bertz CT molecular complexity index is 388. The molecular weight excluding hydrogens is 200 g/mol. The molecule has 2 heterocycles. The van der Waals surface area contributed by atoms with E-state index >= 15 is 0 Å². The van der Waals surface area contributed by atoms with Gasteiger partial charge >= 0.3 is 0 Å². The van der Waals surface area contributed by atoms with Gasteiger partial charge in [0.05, 0.1) is 24.2 Å². The number of likely N-dealkylation sites (tertiary alicyclic amines) is 1. The van der Waals surface area contributed by atoms with Crippen molar-refractivity contribution in [2.24, 2.45) is 0 Å². The van der Waals surface area contributed by atoms with Crippen molar-refractivity contribution in [2.45, 2.75) is 38.8 Å². The normalized spacial score (nSPS) is 21.5. The first-order valence-corrected chi connectivity index (χ1v) is 5.85. The van der Waals surface area contributed by atoms with Crippen LogP contribution in [-0.4, -0.2) is 33.8 Å². The molecule has 0 aromatic carbocycles. The summed E-state index contributed by atoms with van der Waals surface area (Å²) in [6.45, 7) is 6.63. The fourth-order valence-corrected chi connectivity index (χ4v) is 2.33. The summed E-state index contributed by atoms with van der Waals surface area (Å²) in [6.07, 6.45) is 3.39. The number of nitriles is 1. The molecule has 1 aromatic rings. The Balaban J connectivity index is 2.09. The molecule has 4 heteroatoms. The zero-order valence-corrected chi connectivity index (χ0v) is 9.93. The van der Waals surface area contributed by atoms with Crippen molar-refractivity contribution < 1.29 is 0 Å². The molecular formula is C12H18N4. The molecule has 1 unspecified atom stereocenters. The van der Waals surface area contributed by atoms with E-state index in [2.05, 4.69) is 29.9 Å². The molecule has 0 bridgehead atoms. The second-order valence-electron chi connectivity index (χ2n) is 4.63. The predicted octanol–water partition coefficient (Wildman–Crippen LogP) is 1.60. The van der Waals surface area contributed by atoms with Crippen LogP contribution in [0.15, 0.2) is 12.3 Å². The van der Waals surface area contributed by atoms with Crippen molar-refractivity contribution in [3.8, 4) is 6.07 Å². The summed E-state index contributed by atoms with van der Waals surface area (Å²) in [6, 6.07) is 5.18. The minimum absolute atomic E-state index is 0.445. The number of hydrogen-bond donors (Lipinski definition) is 0. The Morgan fingerprint density at radius 3 is 3.06 bits per heavy atom. The Morgan fingerprint density at radius 1 is 1.62 bits per heavy atom. The van der Waals surface area contributed by atoms with Crippen molar-refractivity contribution >= 4 is 0 Å². The number of rotatable bonds is 3. The quantitative estimate of drug-likeness (QED) is 0.774. The van der Waals surface area contributed by atoms with Crippen LogP contribution < -0.4 is 0 Å². The zero-order valence-electron chi connectivity index (χ0n) is 9.93. The summed E-state index contributed by atoms with van der Waals surface area (Å²) in [5, 5.41) is 13.1. The van der Waals surface area contributed by atoms with Crippen LogP contribution in [0.25, 0.3) is 0 Å². The summed E-state index contributed by atoms with van der Waals surface area (Å²) in [7, 11) is 0. The minimum atomic E-state index is 0.445. The molecule has 0 N–H and O–H groups in total. The minimum Gasteiger partial charge on any atom is -0.299 e. The molecule has 0 amide bonds. The Hall–Kier alpha value is -1.34. The predicted molar refractivity (Wildman–Crippen MR) is 61.9 cm³/mol. The summed E-state index contributed by atoms with van der Waals surface area (Å²) in [5.74, 6) is 0. The van der Waals surface area contributed by atoms with E-state index in [1.807, 2.05) is 10.7 Å². The van der Waals surface area contributed by atoms with Crippen LogP contribution in [0.1, 0.15) is 32.0 Å². The van der Waals surface area contributed by atoms with Gasteiger partial charge in [0.15, 0.2) is 0 Å². The van der Waals surface area contributed by atoms with E-state index in [1.165, 1.54) is 0 Å². The van der Waals surface area contributed by atoms with E-state index in [9.17, 15) is 0 Å². The van der Waals surface area contributed by atoms with E-state index < -0.39 is 0 Å². The Morgan fingerprint density at radius 2 is 2.44 bits per heavy atom. The Labute approximate surface area is 96.5 Å². The van der Waals surface area contributed by atoms with Crippen molar-refractivity contribution in [1.82, 2.24) is 14.7 Å². The highest BCUT2D eigenvalue weighted by molar-refractivity contribution is 5.08. The second kappa shape index (κ2) is 4.67. The zero-order chi connectivity index (χ0) is 11.5. The van der Waals surface area contributed by atoms with Gasteiger partial charge in [0.2, 0.25) is 0 Å². The lowest BCUT2D eigenvalue weighted by Gasteiger charge is -2.20. The third kappa shape index (κ3) is 2.10. The summed E-state index contributed by atoms with van der Waals surface area (Å²) >= 11 is 0. The molecule has 1 saturated heterocycles. The van der Waals surface area contributed by atoms with Crippen LogP contribution in [0, 0.1) is 11.3 Å². The van der Waals surface area contributed by atoms with Crippen LogP contribution in [-0.2, 0) is 6.42 Å². The van der Waals surface area contributed by atoms with Gasteiger partial charge in [0.1, 0.15) is 0 Å². The first kappa shape index (κ1) is 11.2. The molecule has 1 aliphatic rings. The van der Waals surface area contributed by atoms with Gasteiger partial charge in [-0.1, -0.05) is 0 Å². The van der Waals surface area contributed by atoms with Gasteiger partial charge in [-0.15, -0.1) is 0 Å².